The molecule has 0 aliphatic rings. The lowest BCUT2D eigenvalue weighted by molar-refractivity contribution is 0.415. The van der Waals surface area contributed by atoms with Crippen molar-refractivity contribution < 1.29 is 4.74 Å². The number of nitrogens with zero attached hydrogens (tertiary/aromatic N) is 5. The maximum absolute atomic E-state index is 13.1. The first-order valence-corrected chi connectivity index (χ1v) is 11.4. The summed E-state index contributed by atoms with van der Waals surface area (Å²) in [5.74, 6) is 1.33. The number of aryl methyl sites for hydroxylation is 2. The smallest absolute Gasteiger partial charge is 0.332 e. The van der Waals surface area contributed by atoms with Crippen LogP contribution in [0.1, 0.15) is 25.3 Å². The van der Waals surface area contributed by atoms with Crippen LogP contribution in [-0.2, 0) is 20.5 Å². The SMILES string of the molecule is CCCCc1ccc(-n2c(-c3ccc(OC)cc3)cn3c4c(=O)n(C)c(=O)n(C)c4nc23)cc1. The Morgan fingerprint density at radius 1 is 0.941 bits per heavy atom. The number of hydrogen-bond acceptors (Lipinski definition) is 4. The van der Waals surface area contributed by atoms with E-state index in [0.29, 0.717) is 16.9 Å². The Hall–Kier alpha value is -4.07. The summed E-state index contributed by atoms with van der Waals surface area (Å²) >= 11 is 0. The standard InChI is InChI=1S/C26H27N5O3/c1-5-6-7-17-8-12-19(13-9-17)31-21(18-10-14-20(34-4)15-11-18)16-30-22-23(27-25(30)31)28(2)26(33)29(3)24(22)32/h8-16H,5-7H2,1-4H3. The largest absolute Gasteiger partial charge is 0.497 e. The molecular weight excluding hydrogens is 430 g/mol. The van der Waals surface area contributed by atoms with E-state index in [1.807, 2.05) is 35.0 Å². The first-order chi connectivity index (χ1) is 16.4. The van der Waals surface area contributed by atoms with Crippen molar-refractivity contribution in [2.45, 2.75) is 26.2 Å². The van der Waals surface area contributed by atoms with Crippen molar-refractivity contribution in [2.24, 2.45) is 14.1 Å². The highest BCUT2D eigenvalue weighted by atomic mass is 16.5. The summed E-state index contributed by atoms with van der Waals surface area (Å²) in [6, 6.07) is 16.2. The molecule has 0 atom stereocenters. The minimum Gasteiger partial charge on any atom is -0.497 e. The average Bonchev–Trinajstić information content (AvgIpc) is 3.42. The Balaban J connectivity index is 1.81. The van der Waals surface area contributed by atoms with Crippen LogP contribution >= 0.6 is 0 Å². The molecule has 174 valence electrons. The van der Waals surface area contributed by atoms with Gasteiger partial charge in [-0.25, -0.2) is 4.79 Å². The fourth-order valence-corrected chi connectivity index (χ4v) is 4.38. The Bertz CT molecular complexity index is 1620. The van der Waals surface area contributed by atoms with Crippen LogP contribution in [0.3, 0.4) is 0 Å². The molecule has 3 aromatic heterocycles. The zero-order chi connectivity index (χ0) is 24.0. The Morgan fingerprint density at radius 3 is 2.29 bits per heavy atom. The van der Waals surface area contributed by atoms with E-state index in [1.54, 1.807) is 18.6 Å². The van der Waals surface area contributed by atoms with Gasteiger partial charge in [-0.05, 0) is 54.8 Å². The number of imidazole rings is 2. The Kier molecular flexibility index (Phi) is 5.36. The average molecular weight is 458 g/mol. The maximum atomic E-state index is 13.1. The van der Waals surface area contributed by atoms with Gasteiger partial charge in [0.2, 0.25) is 5.78 Å². The molecule has 34 heavy (non-hydrogen) atoms. The van der Waals surface area contributed by atoms with Gasteiger partial charge >= 0.3 is 5.69 Å². The van der Waals surface area contributed by atoms with Crippen LogP contribution in [-0.4, -0.2) is 30.2 Å². The number of ether oxygens (including phenoxy) is 1. The molecule has 0 saturated carbocycles. The van der Waals surface area contributed by atoms with Gasteiger partial charge in [0.05, 0.1) is 12.8 Å². The number of unbranched alkanes of at least 4 members (excludes halogenated alkanes) is 1. The quantitative estimate of drug-likeness (QED) is 0.390. The molecule has 3 heterocycles. The van der Waals surface area contributed by atoms with Gasteiger partial charge in [-0.15, -0.1) is 0 Å². The molecule has 0 amide bonds. The highest BCUT2D eigenvalue weighted by Crippen LogP contribution is 2.30. The fraction of sp³-hybridized carbons (Fsp3) is 0.269. The highest BCUT2D eigenvalue weighted by Gasteiger charge is 2.21. The van der Waals surface area contributed by atoms with Gasteiger partial charge < -0.3 is 4.74 Å². The lowest BCUT2D eigenvalue weighted by atomic mass is 10.1. The van der Waals surface area contributed by atoms with Crippen LogP contribution < -0.4 is 16.0 Å². The van der Waals surface area contributed by atoms with Crippen molar-refractivity contribution in [1.29, 1.82) is 0 Å². The van der Waals surface area contributed by atoms with Gasteiger partial charge in [0.25, 0.3) is 5.56 Å². The predicted molar refractivity (Wildman–Crippen MR) is 133 cm³/mol. The van der Waals surface area contributed by atoms with Crippen LogP contribution in [0.25, 0.3) is 33.9 Å². The van der Waals surface area contributed by atoms with Crippen molar-refractivity contribution in [1.82, 2.24) is 23.1 Å². The van der Waals surface area contributed by atoms with E-state index in [9.17, 15) is 9.59 Å². The van der Waals surface area contributed by atoms with Gasteiger partial charge in [-0.3, -0.25) is 22.9 Å². The van der Waals surface area contributed by atoms with E-state index in [2.05, 4.69) is 31.2 Å². The molecule has 2 aromatic carbocycles. The summed E-state index contributed by atoms with van der Waals surface area (Å²) in [6.07, 6.45) is 5.24. The molecule has 8 nitrogen and oxygen atoms in total. The van der Waals surface area contributed by atoms with E-state index in [0.717, 1.165) is 46.5 Å². The van der Waals surface area contributed by atoms with E-state index >= 15 is 0 Å². The minimum absolute atomic E-state index is 0.359. The number of benzene rings is 2. The summed E-state index contributed by atoms with van der Waals surface area (Å²) < 4.78 is 11.6. The summed E-state index contributed by atoms with van der Waals surface area (Å²) in [5.41, 5.74) is 3.99. The summed E-state index contributed by atoms with van der Waals surface area (Å²) in [5, 5.41) is 0. The molecule has 0 N–H and O–H groups in total. The third-order valence-electron chi connectivity index (χ3n) is 6.36. The molecule has 0 aliphatic carbocycles. The molecular formula is C26H27N5O3. The van der Waals surface area contributed by atoms with Crippen LogP contribution in [0.5, 0.6) is 5.75 Å². The first-order valence-electron chi connectivity index (χ1n) is 11.4. The number of methoxy groups -OCH3 is 1. The molecule has 0 aliphatic heterocycles. The van der Waals surface area contributed by atoms with Gasteiger partial charge in [0.1, 0.15) is 5.75 Å². The minimum atomic E-state index is -0.402. The summed E-state index contributed by atoms with van der Waals surface area (Å²) in [6.45, 7) is 2.19. The van der Waals surface area contributed by atoms with E-state index in [4.69, 9.17) is 9.72 Å². The molecule has 0 spiro atoms. The summed E-state index contributed by atoms with van der Waals surface area (Å²) in [7, 11) is 4.76. The lowest BCUT2D eigenvalue weighted by Gasteiger charge is -2.11. The third kappa shape index (κ3) is 3.34. The van der Waals surface area contributed by atoms with Crippen molar-refractivity contribution in [3.05, 3.63) is 81.1 Å². The number of fused-ring (bicyclic) bond motifs is 3. The number of hydrogen-bond donors (Lipinski definition) is 0. The van der Waals surface area contributed by atoms with Crippen molar-refractivity contribution >= 4 is 16.9 Å². The molecule has 5 rings (SSSR count). The predicted octanol–water partition coefficient (Wildman–Crippen LogP) is 3.69. The van der Waals surface area contributed by atoms with Gasteiger partial charge in [-0.2, -0.15) is 4.98 Å². The zero-order valence-corrected chi connectivity index (χ0v) is 19.8. The molecule has 5 aromatic rings. The van der Waals surface area contributed by atoms with E-state index in [-0.39, 0.29) is 5.56 Å². The van der Waals surface area contributed by atoms with Crippen molar-refractivity contribution in [3.63, 3.8) is 0 Å². The van der Waals surface area contributed by atoms with Crippen LogP contribution in [0, 0.1) is 0 Å². The van der Waals surface area contributed by atoms with Gasteiger partial charge in [0.15, 0.2) is 11.2 Å². The molecule has 0 radical (unpaired) electrons. The molecule has 0 bridgehead atoms. The Labute approximate surface area is 196 Å². The van der Waals surface area contributed by atoms with Gasteiger partial charge in [0, 0.05) is 31.5 Å². The molecule has 8 heteroatoms. The van der Waals surface area contributed by atoms with Crippen LogP contribution in [0.2, 0.25) is 0 Å². The second-order valence-corrected chi connectivity index (χ2v) is 8.51. The fourth-order valence-electron chi connectivity index (χ4n) is 4.38. The van der Waals surface area contributed by atoms with Crippen molar-refractivity contribution in [3.8, 4) is 22.7 Å². The topological polar surface area (TPSA) is 75.5 Å². The second-order valence-electron chi connectivity index (χ2n) is 8.51. The van der Waals surface area contributed by atoms with Crippen molar-refractivity contribution in [2.75, 3.05) is 7.11 Å². The third-order valence-corrected chi connectivity index (χ3v) is 6.36. The molecule has 0 saturated heterocycles. The number of aromatic nitrogens is 5. The monoisotopic (exact) mass is 457 g/mol. The second kappa shape index (κ2) is 8.37. The van der Waals surface area contributed by atoms with Crippen LogP contribution in [0.15, 0.2) is 64.3 Å². The lowest BCUT2D eigenvalue weighted by Crippen LogP contribution is -2.37. The highest BCUT2D eigenvalue weighted by molar-refractivity contribution is 5.79. The first kappa shape index (κ1) is 21.8. The van der Waals surface area contributed by atoms with Crippen LogP contribution in [0.4, 0.5) is 0 Å². The zero-order valence-electron chi connectivity index (χ0n) is 19.8. The summed E-state index contributed by atoms with van der Waals surface area (Å²) in [4.78, 5) is 30.3. The van der Waals surface area contributed by atoms with E-state index in [1.165, 1.54) is 17.2 Å². The molecule has 0 fully saturated rings. The number of rotatable bonds is 6. The maximum Gasteiger partial charge on any atom is 0.332 e. The molecule has 0 unspecified atom stereocenters. The van der Waals surface area contributed by atoms with Gasteiger partial charge in [-0.1, -0.05) is 25.5 Å². The normalized spacial score (nSPS) is 11.5. The Morgan fingerprint density at radius 2 is 1.65 bits per heavy atom. The van der Waals surface area contributed by atoms with E-state index < -0.39 is 5.69 Å².